The number of rotatable bonds is 6. The van der Waals surface area contributed by atoms with Gasteiger partial charge in [0.1, 0.15) is 0 Å². The number of Topliss-reactive ketones (excluding diaryl/α,β-unsaturated/α-hetero) is 1. The lowest BCUT2D eigenvalue weighted by Crippen LogP contribution is -2.44. The van der Waals surface area contributed by atoms with E-state index in [1.807, 2.05) is 58.9 Å². The van der Waals surface area contributed by atoms with Crippen LogP contribution in [0, 0.1) is 0 Å². The summed E-state index contributed by atoms with van der Waals surface area (Å²) < 4.78 is 0. The van der Waals surface area contributed by atoms with Gasteiger partial charge in [-0.05, 0) is 31.2 Å². The number of carbonyl (C=O) groups is 1. The zero-order chi connectivity index (χ0) is 16.0. The van der Waals surface area contributed by atoms with Gasteiger partial charge in [-0.1, -0.05) is 58.4 Å². The molecule has 1 atom stereocenters. The summed E-state index contributed by atoms with van der Waals surface area (Å²) in [5, 5.41) is 0.699. The van der Waals surface area contributed by atoms with Crippen LogP contribution < -0.4 is 10.9 Å². The Morgan fingerprint density at radius 2 is 1.85 bits per heavy atom. The van der Waals surface area contributed by atoms with E-state index in [4.69, 9.17) is 11.6 Å². The molecule has 0 saturated carbocycles. The maximum absolute atomic E-state index is 11.7. The van der Waals surface area contributed by atoms with Gasteiger partial charge in [0.15, 0.2) is 5.78 Å². The Kier molecular flexibility index (Phi) is 15.5. The van der Waals surface area contributed by atoms with Crippen LogP contribution >= 0.6 is 11.6 Å². The van der Waals surface area contributed by atoms with Crippen molar-refractivity contribution < 1.29 is 4.79 Å². The van der Waals surface area contributed by atoms with Crippen LogP contribution in [0.3, 0.4) is 0 Å². The van der Waals surface area contributed by atoms with Crippen molar-refractivity contribution in [3.05, 3.63) is 34.9 Å². The van der Waals surface area contributed by atoms with Gasteiger partial charge in [0.2, 0.25) is 0 Å². The molecule has 0 heterocycles. The maximum Gasteiger partial charge on any atom is 0.151 e. The molecule has 1 aromatic carbocycles. The van der Waals surface area contributed by atoms with E-state index in [0.717, 1.165) is 5.56 Å². The molecule has 4 heteroatoms. The molecule has 0 spiro atoms. The predicted molar refractivity (Wildman–Crippen MR) is 89.1 cm³/mol. The number of hydrogen-bond donors (Lipinski definition) is 2. The third-order valence-electron chi connectivity index (χ3n) is 2.38. The minimum atomic E-state index is -0.200. The molecule has 2 N–H and O–H groups in total. The molecule has 0 amide bonds. The summed E-state index contributed by atoms with van der Waals surface area (Å²) in [6.07, 6.45) is 1.17. The maximum atomic E-state index is 11.7. The highest BCUT2D eigenvalue weighted by Gasteiger charge is 2.15. The fourth-order valence-electron chi connectivity index (χ4n) is 1.57. The fraction of sp³-hybridized carbons (Fsp3) is 0.562. The Hall–Kier alpha value is -0.900. The Morgan fingerprint density at radius 1 is 1.25 bits per heavy atom. The van der Waals surface area contributed by atoms with Crippen molar-refractivity contribution >= 4 is 17.4 Å². The highest BCUT2D eigenvalue weighted by molar-refractivity contribution is 6.30. The number of benzene rings is 1. The summed E-state index contributed by atoms with van der Waals surface area (Å²) in [7, 11) is 1.76. The van der Waals surface area contributed by atoms with Gasteiger partial charge in [0.05, 0.1) is 6.04 Å². The van der Waals surface area contributed by atoms with Gasteiger partial charge >= 0.3 is 0 Å². The Bertz CT molecular complexity index is 356. The van der Waals surface area contributed by atoms with Crippen LogP contribution in [0.2, 0.25) is 5.02 Å². The molecule has 116 valence electrons. The molecule has 1 rings (SSSR count). The predicted octanol–water partition coefficient (Wildman–Crippen LogP) is 4.01. The summed E-state index contributed by atoms with van der Waals surface area (Å²) >= 11 is 5.90. The second-order valence-electron chi connectivity index (χ2n) is 3.60. The van der Waals surface area contributed by atoms with Crippen LogP contribution in [-0.2, 0) is 11.2 Å². The quantitative estimate of drug-likeness (QED) is 0.780. The molecular formula is C16H29ClN2O. The van der Waals surface area contributed by atoms with E-state index in [-0.39, 0.29) is 11.8 Å². The lowest BCUT2D eigenvalue weighted by atomic mass is 10.0. The highest BCUT2D eigenvalue weighted by Crippen LogP contribution is 2.12. The lowest BCUT2D eigenvalue weighted by Gasteiger charge is -2.16. The van der Waals surface area contributed by atoms with Crippen LogP contribution in [0.1, 0.15) is 46.6 Å². The smallest absolute Gasteiger partial charge is 0.151 e. The van der Waals surface area contributed by atoms with Crippen LogP contribution in [-0.4, -0.2) is 18.9 Å². The van der Waals surface area contributed by atoms with Crippen LogP contribution in [0.15, 0.2) is 24.3 Å². The zero-order valence-corrected chi connectivity index (χ0v) is 14.3. The van der Waals surface area contributed by atoms with Crippen molar-refractivity contribution in [3.8, 4) is 0 Å². The third-order valence-corrected chi connectivity index (χ3v) is 2.62. The van der Waals surface area contributed by atoms with Crippen LogP contribution in [0.5, 0.6) is 0 Å². The standard InChI is InChI=1S/C12H17ClN2O.2C2H6/c1-3-12(16)11(15-14-2)8-9-5-4-6-10(13)7-9;2*1-2/h4-7,11,14-15H,3,8H2,1-2H3;2*1-2H3. The largest absolute Gasteiger partial charge is 0.298 e. The second-order valence-corrected chi connectivity index (χ2v) is 4.04. The van der Waals surface area contributed by atoms with Crippen molar-refractivity contribution in [1.29, 1.82) is 0 Å². The van der Waals surface area contributed by atoms with Crippen molar-refractivity contribution in [2.24, 2.45) is 0 Å². The Morgan fingerprint density at radius 3 is 2.30 bits per heavy atom. The first kappa shape index (κ1) is 21.4. The number of halogens is 1. The third kappa shape index (κ3) is 9.08. The van der Waals surface area contributed by atoms with Crippen molar-refractivity contribution in [3.63, 3.8) is 0 Å². The first-order valence-corrected chi connectivity index (χ1v) is 7.74. The monoisotopic (exact) mass is 300 g/mol. The minimum Gasteiger partial charge on any atom is -0.298 e. The molecule has 0 fully saturated rings. The second kappa shape index (κ2) is 14.5. The molecule has 0 aliphatic heterocycles. The van der Waals surface area contributed by atoms with Crippen LogP contribution in [0.25, 0.3) is 0 Å². The van der Waals surface area contributed by atoms with Gasteiger partial charge in [-0.25, -0.2) is 5.43 Å². The number of nitrogens with one attached hydrogen (secondary N) is 2. The van der Waals surface area contributed by atoms with Gasteiger partial charge in [0, 0.05) is 11.4 Å². The van der Waals surface area contributed by atoms with Gasteiger partial charge < -0.3 is 0 Å². The minimum absolute atomic E-state index is 0.189. The Labute approximate surface area is 129 Å². The van der Waals surface area contributed by atoms with E-state index in [0.29, 0.717) is 17.9 Å². The normalized spacial score (nSPS) is 10.6. The molecule has 1 aromatic rings. The summed E-state index contributed by atoms with van der Waals surface area (Å²) in [6, 6.07) is 7.37. The molecule has 1 unspecified atom stereocenters. The topological polar surface area (TPSA) is 41.1 Å². The lowest BCUT2D eigenvalue weighted by molar-refractivity contribution is -0.121. The molecule has 3 nitrogen and oxygen atoms in total. The van der Waals surface area contributed by atoms with Gasteiger partial charge in [-0.3, -0.25) is 10.2 Å². The molecule has 0 aliphatic rings. The van der Waals surface area contributed by atoms with E-state index >= 15 is 0 Å². The molecule has 0 aromatic heterocycles. The van der Waals surface area contributed by atoms with Crippen molar-refractivity contribution in [1.82, 2.24) is 10.9 Å². The van der Waals surface area contributed by atoms with Crippen molar-refractivity contribution in [2.75, 3.05) is 7.05 Å². The number of ketones is 1. The summed E-state index contributed by atoms with van der Waals surface area (Å²) in [5.41, 5.74) is 6.83. The van der Waals surface area contributed by atoms with Crippen LogP contribution in [0.4, 0.5) is 0 Å². The highest BCUT2D eigenvalue weighted by atomic mass is 35.5. The van der Waals surface area contributed by atoms with E-state index in [1.165, 1.54) is 0 Å². The number of carbonyl (C=O) groups excluding carboxylic acids is 1. The van der Waals surface area contributed by atoms with E-state index < -0.39 is 0 Å². The first-order chi connectivity index (χ1) is 9.67. The van der Waals surface area contributed by atoms with Gasteiger partial charge in [-0.15, -0.1) is 0 Å². The summed E-state index contributed by atoms with van der Waals surface area (Å²) in [5.74, 6) is 0.189. The fourth-order valence-corrected chi connectivity index (χ4v) is 1.78. The van der Waals surface area contributed by atoms with Crippen molar-refractivity contribution in [2.45, 2.75) is 53.5 Å². The average molecular weight is 301 g/mol. The molecule has 0 bridgehead atoms. The average Bonchev–Trinajstić information content (AvgIpc) is 2.50. The number of hydrazine groups is 1. The van der Waals surface area contributed by atoms with E-state index in [2.05, 4.69) is 10.9 Å². The zero-order valence-electron chi connectivity index (χ0n) is 13.6. The Balaban J connectivity index is 0. The molecule has 0 saturated heterocycles. The SMILES string of the molecule is CC.CC.CCC(=O)C(Cc1cccc(Cl)c1)NNC. The molecular weight excluding hydrogens is 272 g/mol. The molecule has 0 aliphatic carbocycles. The molecule has 20 heavy (non-hydrogen) atoms. The first-order valence-electron chi connectivity index (χ1n) is 7.36. The summed E-state index contributed by atoms with van der Waals surface area (Å²) in [4.78, 5) is 11.7. The van der Waals surface area contributed by atoms with E-state index in [9.17, 15) is 4.79 Å². The molecule has 0 radical (unpaired) electrons. The number of hydrogen-bond acceptors (Lipinski definition) is 3. The summed E-state index contributed by atoms with van der Waals surface area (Å²) in [6.45, 7) is 9.87. The van der Waals surface area contributed by atoms with E-state index in [1.54, 1.807) is 7.05 Å². The van der Waals surface area contributed by atoms with Gasteiger partial charge in [-0.2, -0.15) is 0 Å². The van der Waals surface area contributed by atoms with Gasteiger partial charge in [0.25, 0.3) is 0 Å².